The highest BCUT2D eigenvalue weighted by Gasteiger charge is 2.32. The van der Waals surface area contributed by atoms with E-state index in [2.05, 4.69) is 62.6 Å². The summed E-state index contributed by atoms with van der Waals surface area (Å²) >= 11 is 0. The molecule has 2 aromatic rings. The van der Waals surface area contributed by atoms with E-state index >= 15 is 0 Å². The van der Waals surface area contributed by atoms with Gasteiger partial charge in [0.05, 0.1) is 6.61 Å². The Balaban J connectivity index is 2.00. The number of amides is 2. The first-order chi connectivity index (χ1) is 13.5. The number of carbonyl (C=O) groups is 1. The normalized spacial score (nSPS) is 15.8. The van der Waals surface area contributed by atoms with E-state index in [1.54, 1.807) is 0 Å². The second-order valence-electron chi connectivity index (χ2n) is 9.51. The van der Waals surface area contributed by atoms with E-state index in [0.29, 0.717) is 12.5 Å². The lowest BCUT2D eigenvalue weighted by Crippen LogP contribution is -2.43. The first-order valence-corrected chi connectivity index (χ1v) is 10.4. The molecule has 0 radical (unpaired) electrons. The molecule has 2 N–H and O–H groups in total. The van der Waals surface area contributed by atoms with Crippen molar-refractivity contribution in [2.24, 2.45) is 0 Å². The maximum Gasteiger partial charge on any atom is 0.319 e. The van der Waals surface area contributed by atoms with Crippen LogP contribution in [-0.2, 0) is 0 Å². The van der Waals surface area contributed by atoms with Crippen molar-refractivity contribution in [3.8, 4) is 5.75 Å². The number of urea groups is 1. The Morgan fingerprint density at radius 2 is 1.66 bits per heavy atom. The van der Waals surface area contributed by atoms with Crippen molar-refractivity contribution in [2.75, 3.05) is 11.9 Å². The van der Waals surface area contributed by atoms with Crippen LogP contribution in [0.1, 0.15) is 79.8 Å². The number of nitrogens with one attached hydrogen (secondary N) is 2. The smallest absolute Gasteiger partial charge is 0.319 e. The molecule has 1 atom stereocenters. The van der Waals surface area contributed by atoms with Crippen LogP contribution in [0.25, 0.3) is 0 Å². The largest absolute Gasteiger partial charge is 0.492 e. The third-order valence-electron chi connectivity index (χ3n) is 5.78. The monoisotopic (exact) mass is 394 g/mol. The molecule has 0 aromatic heterocycles. The Kier molecular flexibility index (Phi) is 5.66. The maximum absolute atomic E-state index is 12.5. The average Bonchev–Trinajstić information content (AvgIpc) is 3.07. The van der Waals surface area contributed by atoms with Crippen LogP contribution in [0.2, 0.25) is 0 Å². The van der Waals surface area contributed by atoms with Crippen LogP contribution in [0.5, 0.6) is 5.75 Å². The molecule has 0 saturated carbocycles. The van der Waals surface area contributed by atoms with Gasteiger partial charge in [0, 0.05) is 22.7 Å². The zero-order chi connectivity index (χ0) is 21.5. The molecule has 2 aromatic carbocycles. The standard InChI is InChI=1S/C25H34N2O2/c1-14(2)18-9-11-19(12-10-18)20-13-29-23-16(4)15(3)22(17(5)21(20)23)26-24(28)27-25(6,7)8/h9-12,14,20H,13H2,1-8H3,(H2,26,27,28)/t20-/m1/s1. The van der Waals surface area contributed by atoms with Crippen molar-refractivity contribution in [3.05, 3.63) is 57.6 Å². The lowest BCUT2D eigenvalue weighted by molar-refractivity contribution is 0.243. The van der Waals surface area contributed by atoms with Crippen LogP contribution in [0.15, 0.2) is 24.3 Å². The van der Waals surface area contributed by atoms with E-state index < -0.39 is 0 Å². The fraction of sp³-hybridized carbons (Fsp3) is 0.480. The molecule has 156 valence electrons. The molecular formula is C25H34N2O2. The third-order valence-corrected chi connectivity index (χ3v) is 5.78. The van der Waals surface area contributed by atoms with E-state index in [1.165, 1.54) is 16.7 Å². The maximum atomic E-state index is 12.5. The van der Waals surface area contributed by atoms with Crippen molar-refractivity contribution < 1.29 is 9.53 Å². The molecule has 0 bridgehead atoms. The fourth-order valence-electron chi connectivity index (χ4n) is 4.05. The van der Waals surface area contributed by atoms with Gasteiger partial charge in [0.15, 0.2) is 0 Å². The molecule has 1 heterocycles. The van der Waals surface area contributed by atoms with Gasteiger partial charge in [0.25, 0.3) is 0 Å². The summed E-state index contributed by atoms with van der Waals surface area (Å²) in [6.45, 7) is 17.2. The SMILES string of the molecule is Cc1c(C)c2c(c(C)c1NC(=O)NC(C)(C)C)[C@@H](c1ccc(C(C)C)cc1)CO2. The molecule has 4 heteroatoms. The first kappa shape index (κ1) is 21.2. The summed E-state index contributed by atoms with van der Waals surface area (Å²) in [4.78, 5) is 12.5. The van der Waals surface area contributed by atoms with E-state index in [-0.39, 0.29) is 17.5 Å². The minimum absolute atomic E-state index is 0.178. The van der Waals surface area contributed by atoms with Crippen LogP contribution in [-0.4, -0.2) is 18.2 Å². The molecule has 3 rings (SSSR count). The number of hydrogen-bond donors (Lipinski definition) is 2. The lowest BCUT2D eigenvalue weighted by atomic mass is 9.86. The number of ether oxygens (including phenoxy) is 1. The van der Waals surface area contributed by atoms with Crippen molar-refractivity contribution in [2.45, 2.75) is 72.8 Å². The summed E-state index contributed by atoms with van der Waals surface area (Å²) in [6.07, 6.45) is 0. The quantitative estimate of drug-likeness (QED) is 0.653. The molecule has 1 aliphatic heterocycles. The molecule has 0 unspecified atom stereocenters. The molecule has 2 amide bonds. The Morgan fingerprint density at radius 1 is 1.03 bits per heavy atom. The molecule has 1 aliphatic rings. The summed E-state index contributed by atoms with van der Waals surface area (Å²) in [5.74, 6) is 1.66. The van der Waals surface area contributed by atoms with E-state index in [4.69, 9.17) is 4.74 Å². The minimum atomic E-state index is -0.290. The predicted octanol–water partition coefficient (Wildman–Crippen LogP) is 6.18. The summed E-state index contributed by atoms with van der Waals surface area (Å²) in [6, 6.07) is 8.67. The molecule has 29 heavy (non-hydrogen) atoms. The van der Waals surface area contributed by atoms with Crippen LogP contribution in [0.3, 0.4) is 0 Å². The van der Waals surface area contributed by atoms with Gasteiger partial charge in [-0.2, -0.15) is 0 Å². The Hall–Kier alpha value is -2.49. The van der Waals surface area contributed by atoms with Crippen molar-refractivity contribution in [3.63, 3.8) is 0 Å². The minimum Gasteiger partial charge on any atom is -0.492 e. The topological polar surface area (TPSA) is 50.4 Å². The second kappa shape index (κ2) is 7.74. The molecule has 4 nitrogen and oxygen atoms in total. The number of carbonyl (C=O) groups excluding carboxylic acids is 1. The van der Waals surface area contributed by atoms with Crippen molar-refractivity contribution in [1.29, 1.82) is 0 Å². The van der Waals surface area contributed by atoms with Gasteiger partial charge in [0.2, 0.25) is 0 Å². The fourth-order valence-corrected chi connectivity index (χ4v) is 4.05. The summed E-state index contributed by atoms with van der Waals surface area (Å²) in [5.41, 5.74) is 7.62. The predicted molar refractivity (Wildman–Crippen MR) is 120 cm³/mol. The van der Waals surface area contributed by atoms with E-state index in [9.17, 15) is 4.79 Å². The van der Waals surface area contributed by atoms with Crippen LogP contribution in [0, 0.1) is 20.8 Å². The van der Waals surface area contributed by atoms with E-state index in [0.717, 1.165) is 28.1 Å². The number of anilines is 1. The molecule has 0 spiro atoms. The summed E-state index contributed by atoms with van der Waals surface area (Å²) in [7, 11) is 0. The third kappa shape index (κ3) is 4.26. The lowest BCUT2D eigenvalue weighted by Gasteiger charge is -2.24. The summed E-state index contributed by atoms with van der Waals surface area (Å²) in [5, 5.41) is 6.08. The highest BCUT2D eigenvalue weighted by molar-refractivity contribution is 5.92. The Morgan fingerprint density at radius 3 is 2.21 bits per heavy atom. The summed E-state index contributed by atoms with van der Waals surface area (Å²) < 4.78 is 6.15. The van der Waals surface area contributed by atoms with Gasteiger partial charge in [-0.1, -0.05) is 38.1 Å². The van der Waals surface area contributed by atoms with Crippen LogP contribution in [0.4, 0.5) is 10.5 Å². The average molecular weight is 395 g/mol. The Bertz CT molecular complexity index is 922. The number of fused-ring (bicyclic) bond motifs is 1. The van der Waals surface area contributed by atoms with Gasteiger partial charge in [-0.3, -0.25) is 0 Å². The molecule has 0 fully saturated rings. The van der Waals surface area contributed by atoms with Gasteiger partial charge < -0.3 is 15.4 Å². The van der Waals surface area contributed by atoms with Crippen molar-refractivity contribution in [1.82, 2.24) is 5.32 Å². The number of rotatable bonds is 3. The molecule has 0 aliphatic carbocycles. The van der Waals surface area contributed by atoms with Crippen molar-refractivity contribution >= 4 is 11.7 Å². The second-order valence-corrected chi connectivity index (χ2v) is 9.51. The molecular weight excluding hydrogens is 360 g/mol. The Labute approximate surface area is 175 Å². The van der Waals surface area contributed by atoms with Gasteiger partial charge in [-0.05, 0) is 75.3 Å². The zero-order valence-corrected chi connectivity index (χ0v) is 19.0. The highest BCUT2D eigenvalue weighted by atomic mass is 16.5. The highest BCUT2D eigenvalue weighted by Crippen LogP contribution is 2.46. The van der Waals surface area contributed by atoms with Gasteiger partial charge in [0.1, 0.15) is 5.75 Å². The van der Waals surface area contributed by atoms with Gasteiger partial charge >= 0.3 is 6.03 Å². The number of hydrogen-bond acceptors (Lipinski definition) is 2. The van der Waals surface area contributed by atoms with Gasteiger partial charge in [-0.15, -0.1) is 0 Å². The van der Waals surface area contributed by atoms with Gasteiger partial charge in [-0.25, -0.2) is 4.79 Å². The molecule has 0 saturated heterocycles. The number of benzene rings is 2. The van der Waals surface area contributed by atoms with E-state index in [1.807, 2.05) is 27.7 Å². The zero-order valence-electron chi connectivity index (χ0n) is 19.0. The van der Waals surface area contributed by atoms with Crippen LogP contribution < -0.4 is 15.4 Å². The first-order valence-electron chi connectivity index (χ1n) is 10.4. The van der Waals surface area contributed by atoms with Crippen LogP contribution >= 0.6 is 0 Å².